The number of phenolic OH excluding ortho intramolecular Hbond substituents is 1. The van der Waals surface area contributed by atoms with Crippen molar-refractivity contribution in [3.05, 3.63) is 63.2 Å². The highest BCUT2D eigenvalue weighted by atomic mass is 127. The average Bonchev–Trinajstić information content (AvgIpc) is 2.47. The van der Waals surface area contributed by atoms with Crippen molar-refractivity contribution >= 4 is 28.5 Å². The Morgan fingerprint density at radius 2 is 1.86 bits per heavy atom. The summed E-state index contributed by atoms with van der Waals surface area (Å²) in [5, 5.41) is 9.78. The Balaban J connectivity index is 2.25. The molecular formula is C17H18INO2. The first-order chi connectivity index (χ1) is 9.99. The van der Waals surface area contributed by atoms with Crippen LogP contribution in [0.5, 0.6) is 5.75 Å². The summed E-state index contributed by atoms with van der Waals surface area (Å²) in [7, 11) is 0. The molecule has 0 heterocycles. The zero-order valence-corrected chi connectivity index (χ0v) is 14.2. The summed E-state index contributed by atoms with van der Waals surface area (Å²) in [6.45, 7) is 4.55. The van der Waals surface area contributed by atoms with Crippen molar-refractivity contribution in [1.82, 2.24) is 4.90 Å². The van der Waals surface area contributed by atoms with Gasteiger partial charge in [0.2, 0.25) is 0 Å². The molecule has 0 unspecified atom stereocenters. The van der Waals surface area contributed by atoms with Crippen molar-refractivity contribution in [2.24, 2.45) is 0 Å². The Bertz CT molecular complexity index is 626. The number of benzene rings is 2. The Kier molecular flexibility index (Phi) is 5.22. The molecule has 0 saturated heterocycles. The molecule has 0 aromatic heterocycles. The van der Waals surface area contributed by atoms with Gasteiger partial charge in [-0.3, -0.25) is 4.79 Å². The van der Waals surface area contributed by atoms with Gasteiger partial charge in [-0.05, 0) is 60.2 Å². The Hall–Kier alpha value is -1.56. The van der Waals surface area contributed by atoms with Crippen LogP contribution in [0.3, 0.4) is 0 Å². The van der Waals surface area contributed by atoms with Crippen LogP contribution in [0, 0.1) is 3.57 Å². The van der Waals surface area contributed by atoms with Crippen LogP contribution >= 0.6 is 22.6 Å². The fourth-order valence-corrected chi connectivity index (χ4v) is 2.42. The van der Waals surface area contributed by atoms with Crippen LogP contribution in [-0.2, 0) is 6.54 Å². The van der Waals surface area contributed by atoms with E-state index in [0.717, 1.165) is 9.13 Å². The maximum atomic E-state index is 12.7. The first kappa shape index (κ1) is 15.8. The van der Waals surface area contributed by atoms with Gasteiger partial charge >= 0.3 is 0 Å². The minimum Gasteiger partial charge on any atom is -0.507 e. The molecule has 21 heavy (non-hydrogen) atoms. The predicted molar refractivity (Wildman–Crippen MR) is 92.3 cm³/mol. The van der Waals surface area contributed by atoms with Crippen LogP contribution in [0.1, 0.15) is 29.8 Å². The number of aromatic hydroxyl groups is 1. The number of hydrogen-bond acceptors (Lipinski definition) is 2. The van der Waals surface area contributed by atoms with E-state index < -0.39 is 0 Å². The first-order valence-corrected chi connectivity index (χ1v) is 7.90. The lowest BCUT2D eigenvalue weighted by Crippen LogP contribution is -2.36. The highest BCUT2D eigenvalue weighted by Crippen LogP contribution is 2.22. The highest BCUT2D eigenvalue weighted by Gasteiger charge is 2.19. The predicted octanol–water partition coefficient (Wildman–Crippen LogP) is 4.05. The van der Waals surface area contributed by atoms with Crippen molar-refractivity contribution in [3.8, 4) is 5.75 Å². The molecule has 3 nitrogen and oxygen atoms in total. The molecule has 0 aliphatic heterocycles. The number of carbonyl (C=O) groups is 1. The third-order valence-electron chi connectivity index (χ3n) is 3.27. The van der Waals surface area contributed by atoms with Crippen LogP contribution in [0.2, 0.25) is 0 Å². The van der Waals surface area contributed by atoms with E-state index in [2.05, 4.69) is 0 Å². The second-order valence-corrected chi connectivity index (χ2v) is 6.34. The molecule has 4 heteroatoms. The van der Waals surface area contributed by atoms with Gasteiger partial charge in [-0.2, -0.15) is 0 Å². The summed E-state index contributed by atoms with van der Waals surface area (Å²) < 4.78 is 0.739. The normalized spacial score (nSPS) is 10.7. The molecule has 0 radical (unpaired) electrons. The standard InChI is InChI=1S/C17H18INO2/c1-12(2)19(11-13-6-4-3-5-7-13)17(21)14-8-9-15(18)16(20)10-14/h3-10,12,20H,11H2,1-2H3. The van der Waals surface area contributed by atoms with Gasteiger partial charge in [-0.1, -0.05) is 30.3 Å². The number of rotatable bonds is 4. The minimum absolute atomic E-state index is 0.0689. The number of amides is 1. The average molecular weight is 395 g/mol. The van der Waals surface area contributed by atoms with Gasteiger partial charge in [0.1, 0.15) is 5.75 Å². The van der Waals surface area contributed by atoms with E-state index in [1.165, 1.54) is 6.07 Å². The summed E-state index contributed by atoms with van der Waals surface area (Å²) >= 11 is 2.04. The molecule has 1 N–H and O–H groups in total. The second-order valence-electron chi connectivity index (χ2n) is 5.18. The van der Waals surface area contributed by atoms with Gasteiger partial charge in [0.25, 0.3) is 5.91 Å². The summed E-state index contributed by atoms with van der Waals surface area (Å²) in [6.07, 6.45) is 0. The summed E-state index contributed by atoms with van der Waals surface area (Å²) in [5.74, 6) is 0.0745. The Morgan fingerprint density at radius 1 is 1.19 bits per heavy atom. The van der Waals surface area contributed by atoms with Gasteiger partial charge in [-0.15, -0.1) is 0 Å². The molecule has 110 valence electrons. The smallest absolute Gasteiger partial charge is 0.254 e. The zero-order valence-electron chi connectivity index (χ0n) is 12.1. The van der Waals surface area contributed by atoms with E-state index in [1.807, 2.05) is 66.8 Å². The molecule has 0 bridgehead atoms. The van der Waals surface area contributed by atoms with E-state index in [4.69, 9.17) is 0 Å². The topological polar surface area (TPSA) is 40.5 Å². The molecule has 0 saturated carbocycles. The molecule has 2 aromatic rings. The maximum absolute atomic E-state index is 12.7. The lowest BCUT2D eigenvalue weighted by molar-refractivity contribution is 0.0690. The van der Waals surface area contributed by atoms with Crippen LogP contribution in [0.4, 0.5) is 0 Å². The van der Waals surface area contributed by atoms with Gasteiger partial charge in [0.05, 0.1) is 3.57 Å². The molecule has 0 aliphatic rings. The fourth-order valence-electron chi connectivity index (χ4n) is 2.08. The van der Waals surface area contributed by atoms with Crippen molar-refractivity contribution in [2.75, 3.05) is 0 Å². The second kappa shape index (κ2) is 6.93. The van der Waals surface area contributed by atoms with E-state index in [-0.39, 0.29) is 17.7 Å². The molecule has 2 rings (SSSR count). The van der Waals surface area contributed by atoms with Crippen LogP contribution in [-0.4, -0.2) is 22.0 Å². The number of phenols is 1. The molecule has 2 aromatic carbocycles. The number of hydrogen-bond donors (Lipinski definition) is 1. The number of nitrogens with zero attached hydrogens (tertiary/aromatic N) is 1. The summed E-state index contributed by atoms with van der Waals surface area (Å²) in [5.41, 5.74) is 1.60. The number of carbonyl (C=O) groups excluding carboxylic acids is 1. The van der Waals surface area contributed by atoms with Crippen LogP contribution in [0.25, 0.3) is 0 Å². The van der Waals surface area contributed by atoms with Crippen molar-refractivity contribution in [2.45, 2.75) is 26.4 Å². The van der Waals surface area contributed by atoms with E-state index >= 15 is 0 Å². The summed E-state index contributed by atoms with van der Waals surface area (Å²) in [4.78, 5) is 14.5. The monoisotopic (exact) mass is 395 g/mol. The maximum Gasteiger partial charge on any atom is 0.254 e. The SMILES string of the molecule is CC(C)N(Cc1ccccc1)C(=O)c1ccc(I)c(O)c1. The highest BCUT2D eigenvalue weighted by molar-refractivity contribution is 14.1. The van der Waals surface area contributed by atoms with Crippen molar-refractivity contribution < 1.29 is 9.90 Å². The van der Waals surface area contributed by atoms with E-state index in [0.29, 0.717) is 12.1 Å². The third kappa shape index (κ3) is 3.97. The van der Waals surface area contributed by atoms with Crippen molar-refractivity contribution in [1.29, 1.82) is 0 Å². The van der Waals surface area contributed by atoms with Crippen molar-refractivity contribution in [3.63, 3.8) is 0 Å². The minimum atomic E-state index is -0.0689. The molecule has 1 amide bonds. The Morgan fingerprint density at radius 3 is 2.43 bits per heavy atom. The Labute approximate surface area is 138 Å². The molecule has 0 atom stereocenters. The fraction of sp³-hybridized carbons (Fsp3) is 0.235. The number of halogens is 1. The van der Waals surface area contributed by atoms with E-state index in [1.54, 1.807) is 17.0 Å². The van der Waals surface area contributed by atoms with Crippen LogP contribution in [0.15, 0.2) is 48.5 Å². The largest absolute Gasteiger partial charge is 0.507 e. The van der Waals surface area contributed by atoms with Gasteiger partial charge in [0.15, 0.2) is 0 Å². The zero-order chi connectivity index (χ0) is 15.4. The molecular weight excluding hydrogens is 377 g/mol. The van der Waals surface area contributed by atoms with Gasteiger partial charge in [0, 0.05) is 18.2 Å². The first-order valence-electron chi connectivity index (χ1n) is 6.82. The van der Waals surface area contributed by atoms with Gasteiger partial charge < -0.3 is 10.0 Å². The lowest BCUT2D eigenvalue weighted by Gasteiger charge is -2.27. The lowest BCUT2D eigenvalue weighted by atomic mass is 10.1. The van der Waals surface area contributed by atoms with Gasteiger partial charge in [-0.25, -0.2) is 0 Å². The summed E-state index contributed by atoms with van der Waals surface area (Å²) in [6, 6.07) is 15.0. The molecule has 0 aliphatic carbocycles. The third-order valence-corrected chi connectivity index (χ3v) is 4.19. The molecule has 0 fully saturated rings. The van der Waals surface area contributed by atoms with E-state index in [9.17, 15) is 9.90 Å². The van der Waals surface area contributed by atoms with Crippen LogP contribution < -0.4 is 0 Å². The molecule has 0 spiro atoms. The quantitative estimate of drug-likeness (QED) is 0.794.